The van der Waals surface area contributed by atoms with Crippen LogP contribution in [0.1, 0.15) is 15.9 Å². The number of amidine groups is 1. The van der Waals surface area contributed by atoms with Crippen LogP contribution in [-0.2, 0) is 0 Å². The number of ether oxygens (including phenoxy) is 1. The van der Waals surface area contributed by atoms with E-state index < -0.39 is 0 Å². The molecule has 0 unspecified atom stereocenters. The Bertz CT molecular complexity index is 685. The van der Waals surface area contributed by atoms with Crippen molar-refractivity contribution in [3.63, 3.8) is 0 Å². The predicted octanol–water partition coefficient (Wildman–Crippen LogP) is 1.44. The van der Waals surface area contributed by atoms with Gasteiger partial charge in [0, 0.05) is 17.4 Å². The lowest BCUT2D eigenvalue weighted by Crippen LogP contribution is -2.16. The zero-order chi connectivity index (χ0) is 15.2. The molecule has 21 heavy (non-hydrogen) atoms. The van der Waals surface area contributed by atoms with Gasteiger partial charge in [-0.25, -0.2) is 4.98 Å². The molecule has 0 atom stereocenters. The summed E-state index contributed by atoms with van der Waals surface area (Å²) in [6.07, 6.45) is 1.54. The van der Waals surface area contributed by atoms with Crippen molar-refractivity contribution in [1.29, 1.82) is 0 Å². The largest absolute Gasteiger partial charge is 0.480 e. The number of nitrogens with zero attached hydrogens (tertiary/aromatic N) is 2. The summed E-state index contributed by atoms with van der Waals surface area (Å²) in [7, 11) is 1.44. The molecule has 1 aromatic carbocycles. The highest BCUT2D eigenvalue weighted by Crippen LogP contribution is 2.17. The molecule has 2 rings (SSSR count). The monoisotopic (exact) mass is 286 g/mol. The summed E-state index contributed by atoms with van der Waals surface area (Å²) in [5, 5.41) is 14.3. The third kappa shape index (κ3) is 3.27. The van der Waals surface area contributed by atoms with Crippen molar-refractivity contribution < 1.29 is 14.7 Å². The number of nitrogens with two attached hydrogens (primary N) is 1. The van der Waals surface area contributed by atoms with Crippen LogP contribution in [-0.4, -0.2) is 29.0 Å². The number of hydrogen-bond acceptors (Lipinski definition) is 5. The number of benzene rings is 1. The smallest absolute Gasteiger partial charge is 0.261 e. The fourth-order valence-corrected chi connectivity index (χ4v) is 1.74. The number of hydrogen-bond donors (Lipinski definition) is 3. The molecule has 4 N–H and O–H groups in total. The Morgan fingerprint density at radius 3 is 2.90 bits per heavy atom. The zero-order valence-electron chi connectivity index (χ0n) is 11.3. The molecule has 108 valence electrons. The summed E-state index contributed by atoms with van der Waals surface area (Å²) in [5.74, 6) is -0.163. The van der Waals surface area contributed by atoms with Gasteiger partial charge < -0.3 is 21.0 Å². The summed E-state index contributed by atoms with van der Waals surface area (Å²) in [4.78, 5) is 16.2. The van der Waals surface area contributed by atoms with Gasteiger partial charge in [0.15, 0.2) is 5.84 Å². The van der Waals surface area contributed by atoms with Gasteiger partial charge in [-0.3, -0.25) is 4.79 Å². The molecule has 0 spiro atoms. The Hall–Kier alpha value is -3.09. The Kier molecular flexibility index (Phi) is 4.35. The van der Waals surface area contributed by atoms with E-state index in [9.17, 15) is 4.79 Å². The quantitative estimate of drug-likeness (QED) is 0.341. The van der Waals surface area contributed by atoms with Gasteiger partial charge in [-0.2, -0.15) is 0 Å². The van der Waals surface area contributed by atoms with E-state index in [-0.39, 0.29) is 17.6 Å². The molecule has 7 heteroatoms. The zero-order valence-corrected chi connectivity index (χ0v) is 11.3. The van der Waals surface area contributed by atoms with Gasteiger partial charge in [0.1, 0.15) is 5.56 Å². The molecule has 0 aliphatic rings. The summed E-state index contributed by atoms with van der Waals surface area (Å²) < 4.78 is 5.04. The lowest BCUT2D eigenvalue weighted by atomic mass is 10.1. The normalized spacial score (nSPS) is 11.0. The molecule has 0 bridgehead atoms. The Balaban J connectivity index is 2.24. The van der Waals surface area contributed by atoms with E-state index in [1.54, 1.807) is 36.4 Å². The number of nitrogens with one attached hydrogen (secondary N) is 1. The average molecular weight is 286 g/mol. The second-order valence-electron chi connectivity index (χ2n) is 4.08. The van der Waals surface area contributed by atoms with Gasteiger partial charge in [0.25, 0.3) is 5.91 Å². The molecule has 1 aromatic heterocycles. The lowest BCUT2D eigenvalue weighted by molar-refractivity contribution is 0.102. The first-order valence-electron chi connectivity index (χ1n) is 6.04. The number of rotatable bonds is 4. The number of aromatic nitrogens is 1. The fourth-order valence-electron chi connectivity index (χ4n) is 1.74. The summed E-state index contributed by atoms with van der Waals surface area (Å²) in [6.45, 7) is 0. The van der Waals surface area contributed by atoms with E-state index >= 15 is 0 Å². The van der Waals surface area contributed by atoms with Crippen molar-refractivity contribution in [2.75, 3.05) is 12.4 Å². The molecular weight excluding hydrogens is 272 g/mol. The number of carbonyl (C=O) groups excluding carboxylic acids is 1. The van der Waals surface area contributed by atoms with Gasteiger partial charge in [-0.05, 0) is 24.3 Å². The minimum Gasteiger partial charge on any atom is -0.480 e. The van der Waals surface area contributed by atoms with E-state index in [1.165, 1.54) is 13.3 Å². The summed E-state index contributed by atoms with van der Waals surface area (Å²) in [5.41, 5.74) is 6.83. The van der Waals surface area contributed by atoms with Crippen LogP contribution in [0.15, 0.2) is 47.8 Å². The maximum absolute atomic E-state index is 12.2. The molecule has 0 aliphatic carbocycles. The van der Waals surface area contributed by atoms with Crippen LogP contribution in [0.25, 0.3) is 0 Å². The number of methoxy groups -OCH3 is 1. The molecule has 2 aromatic rings. The number of amides is 1. The van der Waals surface area contributed by atoms with Crippen molar-refractivity contribution in [1.82, 2.24) is 4.98 Å². The molecule has 0 saturated carbocycles. The first-order valence-corrected chi connectivity index (χ1v) is 6.04. The van der Waals surface area contributed by atoms with Crippen molar-refractivity contribution in [2.24, 2.45) is 10.9 Å². The molecule has 1 amide bonds. The van der Waals surface area contributed by atoms with Gasteiger partial charge in [-0.15, -0.1) is 0 Å². The van der Waals surface area contributed by atoms with Crippen LogP contribution in [0.5, 0.6) is 5.88 Å². The maximum atomic E-state index is 12.2. The van der Waals surface area contributed by atoms with Crippen molar-refractivity contribution in [2.45, 2.75) is 0 Å². The highest BCUT2D eigenvalue weighted by Gasteiger charge is 2.13. The van der Waals surface area contributed by atoms with E-state index in [0.29, 0.717) is 16.8 Å². The molecular formula is C14H14N4O3. The SMILES string of the molecule is COc1ncccc1C(=O)Nc1cccc(C(N)=NO)c1. The minimum atomic E-state index is -0.364. The third-order valence-corrected chi connectivity index (χ3v) is 2.73. The molecule has 1 heterocycles. The van der Waals surface area contributed by atoms with Gasteiger partial charge in [0.05, 0.1) is 7.11 Å². The lowest BCUT2D eigenvalue weighted by Gasteiger charge is -2.09. The van der Waals surface area contributed by atoms with Crippen LogP contribution in [0.4, 0.5) is 5.69 Å². The second kappa shape index (κ2) is 6.38. The second-order valence-corrected chi connectivity index (χ2v) is 4.08. The van der Waals surface area contributed by atoms with Crippen molar-refractivity contribution in [3.8, 4) is 5.88 Å². The molecule has 7 nitrogen and oxygen atoms in total. The van der Waals surface area contributed by atoms with Gasteiger partial charge in [0.2, 0.25) is 5.88 Å². The standard InChI is InChI=1S/C14H14N4O3/c1-21-14-11(6-3-7-16-14)13(19)17-10-5-2-4-9(8-10)12(15)18-20/h2-8,20H,1H3,(H2,15,18)(H,17,19). The minimum absolute atomic E-state index is 0.0370. The highest BCUT2D eigenvalue weighted by atomic mass is 16.5. The van der Waals surface area contributed by atoms with Crippen LogP contribution in [0.2, 0.25) is 0 Å². The van der Waals surface area contributed by atoms with Crippen LogP contribution in [0.3, 0.4) is 0 Å². The average Bonchev–Trinajstić information content (AvgIpc) is 2.54. The van der Waals surface area contributed by atoms with Crippen molar-refractivity contribution in [3.05, 3.63) is 53.7 Å². The maximum Gasteiger partial charge on any atom is 0.261 e. The molecule has 0 radical (unpaired) electrons. The first kappa shape index (κ1) is 14.3. The molecule has 0 saturated heterocycles. The van der Waals surface area contributed by atoms with E-state index in [2.05, 4.69) is 15.5 Å². The van der Waals surface area contributed by atoms with E-state index in [4.69, 9.17) is 15.7 Å². The Labute approximate surface area is 121 Å². The van der Waals surface area contributed by atoms with Gasteiger partial charge in [-0.1, -0.05) is 17.3 Å². The van der Waals surface area contributed by atoms with Crippen molar-refractivity contribution >= 4 is 17.4 Å². The summed E-state index contributed by atoms with van der Waals surface area (Å²) in [6, 6.07) is 9.88. The Morgan fingerprint density at radius 2 is 2.19 bits per heavy atom. The third-order valence-electron chi connectivity index (χ3n) is 2.73. The predicted molar refractivity (Wildman–Crippen MR) is 77.7 cm³/mol. The topological polar surface area (TPSA) is 110 Å². The van der Waals surface area contributed by atoms with E-state index in [0.717, 1.165) is 0 Å². The highest BCUT2D eigenvalue weighted by molar-refractivity contribution is 6.06. The van der Waals surface area contributed by atoms with Crippen LogP contribution in [0, 0.1) is 0 Å². The van der Waals surface area contributed by atoms with Crippen LogP contribution >= 0.6 is 0 Å². The van der Waals surface area contributed by atoms with Gasteiger partial charge >= 0.3 is 0 Å². The summed E-state index contributed by atoms with van der Waals surface area (Å²) >= 11 is 0. The number of carbonyl (C=O) groups is 1. The number of oxime groups is 1. The Morgan fingerprint density at radius 1 is 1.38 bits per heavy atom. The molecule has 0 aliphatic heterocycles. The number of pyridine rings is 1. The fraction of sp³-hybridized carbons (Fsp3) is 0.0714. The molecule has 0 fully saturated rings. The number of anilines is 1. The van der Waals surface area contributed by atoms with Crippen LogP contribution < -0.4 is 15.8 Å². The van der Waals surface area contributed by atoms with E-state index in [1.807, 2.05) is 0 Å². The first-order chi connectivity index (χ1) is 10.2.